The van der Waals surface area contributed by atoms with Gasteiger partial charge >= 0.3 is 11.9 Å². The van der Waals surface area contributed by atoms with Crippen LogP contribution >= 0.6 is 23.2 Å². The number of nitrogens with one attached hydrogen (secondary N) is 2. The van der Waals surface area contributed by atoms with Crippen LogP contribution in [0.15, 0.2) is 71.8 Å². The lowest BCUT2D eigenvalue weighted by Crippen LogP contribution is -2.34. The van der Waals surface area contributed by atoms with Gasteiger partial charge in [0, 0.05) is 28.1 Å². The lowest BCUT2D eigenvalue weighted by atomic mass is 10.1. The van der Waals surface area contributed by atoms with Gasteiger partial charge < -0.3 is 14.8 Å². The summed E-state index contributed by atoms with van der Waals surface area (Å²) in [6.45, 7) is 1.94. The van der Waals surface area contributed by atoms with E-state index in [2.05, 4.69) is 22.8 Å². The Balaban J connectivity index is 1.60. The van der Waals surface area contributed by atoms with Gasteiger partial charge in [0.1, 0.15) is 11.5 Å². The van der Waals surface area contributed by atoms with Crippen molar-refractivity contribution in [2.45, 2.75) is 58.3 Å². The predicted octanol–water partition coefficient (Wildman–Crippen LogP) is 7.14. The van der Waals surface area contributed by atoms with Crippen molar-refractivity contribution in [2.75, 3.05) is 6.54 Å². The zero-order valence-electron chi connectivity index (χ0n) is 24.4. The smallest absolute Gasteiger partial charge is 0.343 e. The monoisotopic (exact) mass is 639 g/mol. The van der Waals surface area contributed by atoms with Crippen LogP contribution in [0.1, 0.15) is 84.6 Å². The number of nitrogens with zero attached hydrogens (tertiary/aromatic N) is 1. The van der Waals surface area contributed by atoms with E-state index >= 15 is 0 Å². The van der Waals surface area contributed by atoms with Crippen LogP contribution in [0.3, 0.4) is 0 Å². The third-order valence-electron chi connectivity index (χ3n) is 6.40. The summed E-state index contributed by atoms with van der Waals surface area (Å²) < 4.78 is 11.0. The Labute approximate surface area is 266 Å². The Hall–Kier alpha value is -4.21. The van der Waals surface area contributed by atoms with Gasteiger partial charge in [-0.3, -0.25) is 9.59 Å². The molecular formula is C33H35Cl2N3O6. The fraction of sp³-hybridized carbons (Fsp3) is 0.303. The number of halogens is 2. The molecule has 2 N–H and O–H groups in total. The van der Waals surface area contributed by atoms with Crippen LogP contribution < -0.4 is 20.2 Å². The van der Waals surface area contributed by atoms with E-state index in [0.29, 0.717) is 22.0 Å². The second-order valence-electron chi connectivity index (χ2n) is 9.93. The molecule has 11 heteroatoms. The highest BCUT2D eigenvalue weighted by Gasteiger charge is 2.15. The van der Waals surface area contributed by atoms with Gasteiger partial charge in [0.25, 0.3) is 5.91 Å². The largest absolute Gasteiger partial charge is 0.423 e. The van der Waals surface area contributed by atoms with Crippen LogP contribution in [0.2, 0.25) is 10.0 Å². The van der Waals surface area contributed by atoms with Crippen molar-refractivity contribution in [2.24, 2.45) is 5.10 Å². The maximum atomic E-state index is 12.8. The minimum Gasteiger partial charge on any atom is -0.423 e. The summed E-state index contributed by atoms with van der Waals surface area (Å²) in [6.07, 6.45) is 9.33. The minimum absolute atomic E-state index is 0.0207. The molecule has 0 unspecified atom stereocenters. The number of carbonyl (C=O) groups is 4. The first kappa shape index (κ1) is 34.3. The summed E-state index contributed by atoms with van der Waals surface area (Å²) in [4.78, 5) is 49.7. The first-order chi connectivity index (χ1) is 21.2. The number of ether oxygens (including phenoxy) is 2. The van der Waals surface area contributed by atoms with E-state index in [9.17, 15) is 19.2 Å². The molecule has 44 heavy (non-hydrogen) atoms. The molecule has 3 aromatic rings. The van der Waals surface area contributed by atoms with E-state index in [1.807, 2.05) is 0 Å². The van der Waals surface area contributed by atoms with Gasteiger partial charge in [-0.2, -0.15) is 5.10 Å². The number of unbranched alkanes of at least 4 members (excludes halogenated alkanes) is 6. The molecule has 0 saturated carbocycles. The molecule has 3 rings (SSSR count). The number of amides is 2. The zero-order chi connectivity index (χ0) is 31.7. The SMILES string of the molecule is CCCCCCCCCC(=O)NCC(=O)N/N=C/c1ccc(OC(=O)c2ccc(Cl)cc2)cc1OC(=O)c1ccc(Cl)cc1. The lowest BCUT2D eigenvalue weighted by molar-refractivity contribution is -0.126. The van der Waals surface area contributed by atoms with Crippen molar-refractivity contribution < 1.29 is 28.7 Å². The highest BCUT2D eigenvalue weighted by Crippen LogP contribution is 2.26. The summed E-state index contributed by atoms with van der Waals surface area (Å²) in [6, 6.07) is 16.6. The Morgan fingerprint density at radius 2 is 1.30 bits per heavy atom. The van der Waals surface area contributed by atoms with Crippen molar-refractivity contribution in [1.82, 2.24) is 10.7 Å². The van der Waals surface area contributed by atoms with Crippen LogP contribution in [-0.2, 0) is 9.59 Å². The Morgan fingerprint density at radius 3 is 1.91 bits per heavy atom. The van der Waals surface area contributed by atoms with Gasteiger partial charge in [0.05, 0.1) is 23.9 Å². The van der Waals surface area contributed by atoms with E-state index in [4.69, 9.17) is 32.7 Å². The van der Waals surface area contributed by atoms with Gasteiger partial charge in [-0.15, -0.1) is 0 Å². The minimum atomic E-state index is -0.690. The predicted molar refractivity (Wildman–Crippen MR) is 171 cm³/mol. The number of rotatable bonds is 16. The van der Waals surface area contributed by atoms with E-state index < -0.39 is 17.8 Å². The van der Waals surface area contributed by atoms with Gasteiger partial charge in [-0.1, -0.05) is 68.7 Å². The fourth-order valence-electron chi connectivity index (χ4n) is 3.99. The number of benzene rings is 3. The summed E-state index contributed by atoms with van der Waals surface area (Å²) in [5.41, 5.74) is 3.16. The summed E-state index contributed by atoms with van der Waals surface area (Å²) in [5, 5.41) is 7.43. The highest BCUT2D eigenvalue weighted by atomic mass is 35.5. The molecule has 0 bridgehead atoms. The van der Waals surface area contributed by atoms with Crippen molar-refractivity contribution in [3.63, 3.8) is 0 Å². The summed E-state index contributed by atoms with van der Waals surface area (Å²) in [5.74, 6) is -1.93. The summed E-state index contributed by atoms with van der Waals surface area (Å²) in [7, 11) is 0. The van der Waals surface area contributed by atoms with Gasteiger partial charge in [-0.25, -0.2) is 15.0 Å². The van der Waals surface area contributed by atoms with Gasteiger partial charge in [0.2, 0.25) is 5.91 Å². The molecule has 232 valence electrons. The van der Waals surface area contributed by atoms with E-state index in [-0.39, 0.29) is 35.1 Å². The van der Waals surface area contributed by atoms with Crippen molar-refractivity contribution >= 4 is 53.2 Å². The number of hydrogen-bond donors (Lipinski definition) is 2. The summed E-state index contributed by atoms with van der Waals surface area (Å²) >= 11 is 11.8. The molecule has 0 heterocycles. The van der Waals surface area contributed by atoms with Crippen molar-refractivity contribution in [3.8, 4) is 11.5 Å². The molecule has 0 radical (unpaired) electrons. The van der Waals surface area contributed by atoms with Crippen LogP contribution in [0.5, 0.6) is 11.5 Å². The Kier molecular flexibility index (Phi) is 14.4. The second kappa shape index (κ2) is 18.5. The molecule has 0 fully saturated rings. The second-order valence-corrected chi connectivity index (χ2v) is 10.8. The number of hydrogen-bond acceptors (Lipinski definition) is 7. The van der Waals surface area contributed by atoms with Crippen LogP contribution in [0.25, 0.3) is 0 Å². The first-order valence-electron chi connectivity index (χ1n) is 14.4. The number of carbonyl (C=O) groups excluding carboxylic acids is 4. The molecule has 0 aromatic heterocycles. The topological polar surface area (TPSA) is 123 Å². The maximum absolute atomic E-state index is 12.8. The fourth-order valence-corrected chi connectivity index (χ4v) is 4.25. The molecule has 0 aliphatic rings. The molecule has 3 aromatic carbocycles. The first-order valence-corrected chi connectivity index (χ1v) is 15.2. The normalized spacial score (nSPS) is 10.8. The quantitative estimate of drug-likeness (QED) is 0.0564. The van der Waals surface area contributed by atoms with Crippen LogP contribution in [0.4, 0.5) is 0 Å². The molecule has 0 atom stereocenters. The van der Waals surface area contributed by atoms with Crippen molar-refractivity contribution in [1.29, 1.82) is 0 Å². The van der Waals surface area contributed by atoms with Crippen LogP contribution in [-0.4, -0.2) is 36.5 Å². The standard InChI is InChI=1S/C33H35Cl2N3O6/c1-2-3-4-5-6-7-8-9-30(39)36-22-31(40)38-37-21-25-14-19-28(43-32(41)23-10-15-26(34)16-11-23)20-29(25)44-33(42)24-12-17-27(35)18-13-24/h10-21H,2-9,22H2,1H3,(H,36,39)(H,38,40)/b37-21+. The number of hydrazone groups is 1. The van der Waals surface area contributed by atoms with Crippen molar-refractivity contribution in [3.05, 3.63) is 93.5 Å². The maximum Gasteiger partial charge on any atom is 0.343 e. The Morgan fingerprint density at radius 1 is 0.727 bits per heavy atom. The van der Waals surface area contributed by atoms with Gasteiger partial charge in [-0.05, 0) is 67.1 Å². The highest BCUT2D eigenvalue weighted by molar-refractivity contribution is 6.31. The molecule has 0 aliphatic heterocycles. The lowest BCUT2D eigenvalue weighted by Gasteiger charge is -2.11. The molecule has 0 spiro atoms. The van der Waals surface area contributed by atoms with E-state index in [0.717, 1.165) is 19.3 Å². The molecule has 0 saturated heterocycles. The average molecular weight is 641 g/mol. The van der Waals surface area contributed by atoms with E-state index in [1.54, 1.807) is 24.3 Å². The van der Waals surface area contributed by atoms with Crippen LogP contribution in [0, 0.1) is 0 Å². The molecule has 2 amide bonds. The van der Waals surface area contributed by atoms with Gasteiger partial charge in [0.15, 0.2) is 0 Å². The average Bonchev–Trinajstić information content (AvgIpc) is 3.01. The zero-order valence-corrected chi connectivity index (χ0v) is 26.0. The Bertz CT molecular complexity index is 1440. The molecule has 0 aliphatic carbocycles. The third kappa shape index (κ3) is 12.2. The molecule has 9 nitrogen and oxygen atoms in total. The molecular weight excluding hydrogens is 605 g/mol. The number of esters is 2. The third-order valence-corrected chi connectivity index (χ3v) is 6.91. The van der Waals surface area contributed by atoms with E-state index in [1.165, 1.54) is 74.4 Å².